The van der Waals surface area contributed by atoms with Crippen LogP contribution in [0.2, 0.25) is 0 Å². The van der Waals surface area contributed by atoms with Crippen molar-refractivity contribution in [3.05, 3.63) is 62.5 Å². The first kappa shape index (κ1) is 24.7. The largest absolute Gasteiger partial charge is 0.502 e. The molecule has 0 aliphatic rings. The number of phenolic OH excluding ortho intramolecular Hbond substituents is 1. The van der Waals surface area contributed by atoms with Crippen molar-refractivity contribution in [1.29, 1.82) is 0 Å². The van der Waals surface area contributed by atoms with Gasteiger partial charge >= 0.3 is 5.00 Å². The molecule has 0 saturated carbocycles. The molecule has 34 heavy (non-hydrogen) atoms. The molecule has 2 aromatic carbocycles. The number of nitrogens with zero attached hydrogens (tertiary/aromatic N) is 1. The van der Waals surface area contributed by atoms with Crippen molar-refractivity contribution in [2.24, 2.45) is 0 Å². The molecule has 1 heterocycles. The van der Waals surface area contributed by atoms with Crippen LogP contribution in [0, 0.1) is 10.1 Å². The second-order valence-corrected chi connectivity index (χ2v) is 8.11. The Morgan fingerprint density at radius 1 is 0.912 bits per heavy atom. The van der Waals surface area contributed by atoms with Crippen LogP contribution >= 0.6 is 11.3 Å². The molecule has 3 aromatic rings. The zero-order valence-corrected chi connectivity index (χ0v) is 20.2. The lowest BCUT2D eigenvalue weighted by Gasteiger charge is -2.18. The molecule has 0 amide bonds. The number of aromatic hydroxyl groups is 1. The molecular formula is C24H25NO8S. The summed E-state index contributed by atoms with van der Waals surface area (Å²) < 4.78 is 27.4. The molecule has 1 unspecified atom stereocenters. The van der Waals surface area contributed by atoms with Gasteiger partial charge in [0, 0.05) is 11.6 Å². The standard InChI is InChI=1S/C24H25NO8S/c1-14(20-10-11-21(34-20)25(27)28)33-23-16(8-9-17(29-2)22(23)26)7-6-15-12-18(30-3)24(32-5)19(13-15)31-4/h6-14,26H,1-5H3/b7-6-. The number of benzene rings is 2. The van der Waals surface area contributed by atoms with E-state index in [1.807, 2.05) is 0 Å². The summed E-state index contributed by atoms with van der Waals surface area (Å²) in [6.45, 7) is 1.75. The highest BCUT2D eigenvalue weighted by Crippen LogP contribution is 2.43. The Balaban J connectivity index is 1.98. The van der Waals surface area contributed by atoms with Crippen LogP contribution in [0.3, 0.4) is 0 Å². The van der Waals surface area contributed by atoms with Gasteiger partial charge in [-0.3, -0.25) is 10.1 Å². The van der Waals surface area contributed by atoms with Gasteiger partial charge < -0.3 is 28.8 Å². The lowest BCUT2D eigenvalue weighted by Crippen LogP contribution is -2.03. The second-order valence-electron chi connectivity index (χ2n) is 7.02. The number of hydrogen-bond donors (Lipinski definition) is 1. The van der Waals surface area contributed by atoms with Crippen molar-refractivity contribution in [3.63, 3.8) is 0 Å². The Morgan fingerprint density at radius 3 is 2.09 bits per heavy atom. The van der Waals surface area contributed by atoms with E-state index in [9.17, 15) is 15.2 Å². The van der Waals surface area contributed by atoms with Gasteiger partial charge in [-0.1, -0.05) is 23.5 Å². The molecule has 10 heteroatoms. The van der Waals surface area contributed by atoms with E-state index in [4.69, 9.17) is 23.7 Å². The van der Waals surface area contributed by atoms with Gasteiger partial charge in [-0.15, -0.1) is 0 Å². The molecule has 0 aliphatic heterocycles. The van der Waals surface area contributed by atoms with Crippen molar-refractivity contribution in [1.82, 2.24) is 0 Å². The Kier molecular flexibility index (Phi) is 7.85. The van der Waals surface area contributed by atoms with Crippen LogP contribution in [0.5, 0.6) is 34.5 Å². The van der Waals surface area contributed by atoms with Crippen LogP contribution in [0.15, 0.2) is 36.4 Å². The maximum Gasteiger partial charge on any atom is 0.324 e. The molecule has 1 N–H and O–H groups in total. The Hall–Kier alpha value is -3.92. The van der Waals surface area contributed by atoms with Gasteiger partial charge in [0.25, 0.3) is 0 Å². The van der Waals surface area contributed by atoms with Gasteiger partial charge in [-0.25, -0.2) is 0 Å². The number of thiophene rings is 1. The lowest BCUT2D eigenvalue weighted by molar-refractivity contribution is -0.380. The van der Waals surface area contributed by atoms with Crippen LogP contribution in [-0.4, -0.2) is 38.5 Å². The van der Waals surface area contributed by atoms with Crippen LogP contribution in [0.1, 0.15) is 29.0 Å². The van der Waals surface area contributed by atoms with Gasteiger partial charge in [0.2, 0.25) is 11.5 Å². The molecule has 0 saturated heterocycles. The fraction of sp³-hybridized carbons (Fsp3) is 0.250. The minimum Gasteiger partial charge on any atom is -0.502 e. The van der Waals surface area contributed by atoms with Gasteiger partial charge in [0.15, 0.2) is 23.0 Å². The van der Waals surface area contributed by atoms with Crippen LogP contribution in [0.4, 0.5) is 5.00 Å². The molecule has 0 spiro atoms. The summed E-state index contributed by atoms with van der Waals surface area (Å²) in [6.07, 6.45) is 3.02. The van der Waals surface area contributed by atoms with E-state index in [2.05, 4.69) is 0 Å². The van der Waals surface area contributed by atoms with Crippen molar-refractivity contribution in [2.75, 3.05) is 28.4 Å². The number of rotatable bonds is 10. The van der Waals surface area contributed by atoms with E-state index in [0.717, 1.165) is 16.9 Å². The van der Waals surface area contributed by atoms with Crippen molar-refractivity contribution < 1.29 is 33.7 Å². The summed E-state index contributed by atoms with van der Waals surface area (Å²) in [5.41, 5.74) is 1.34. The van der Waals surface area contributed by atoms with Crippen molar-refractivity contribution in [3.8, 4) is 34.5 Å². The molecule has 1 atom stereocenters. The molecule has 0 fully saturated rings. The minimum absolute atomic E-state index is 0.0165. The fourth-order valence-electron chi connectivity index (χ4n) is 3.27. The first-order valence-corrected chi connectivity index (χ1v) is 10.9. The summed E-state index contributed by atoms with van der Waals surface area (Å²) in [4.78, 5) is 11.2. The highest BCUT2D eigenvalue weighted by molar-refractivity contribution is 7.15. The van der Waals surface area contributed by atoms with E-state index in [1.54, 1.807) is 49.4 Å². The first-order chi connectivity index (χ1) is 16.3. The maximum absolute atomic E-state index is 11.0. The van der Waals surface area contributed by atoms with Gasteiger partial charge in [0.05, 0.1) is 38.2 Å². The topological polar surface area (TPSA) is 110 Å². The first-order valence-electron chi connectivity index (χ1n) is 10.1. The number of hydrogen-bond acceptors (Lipinski definition) is 9. The Labute approximate surface area is 200 Å². The third kappa shape index (κ3) is 5.18. The lowest BCUT2D eigenvalue weighted by atomic mass is 10.1. The molecular weight excluding hydrogens is 462 g/mol. The average molecular weight is 488 g/mol. The van der Waals surface area contributed by atoms with Gasteiger partial charge in [-0.05, 0) is 42.8 Å². The summed E-state index contributed by atoms with van der Waals surface area (Å²) in [5.74, 6) is 1.74. The predicted octanol–water partition coefficient (Wildman–Crippen LogP) is 5.71. The Bertz CT molecular complexity index is 1180. The van der Waals surface area contributed by atoms with Crippen molar-refractivity contribution in [2.45, 2.75) is 13.0 Å². The zero-order chi connectivity index (χ0) is 24.8. The van der Waals surface area contributed by atoms with E-state index in [-0.39, 0.29) is 22.2 Å². The van der Waals surface area contributed by atoms with Gasteiger partial charge in [0.1, 0.15) is 6.10 Å². The Morgan fingerprint density at radius 2 is 1.56 bits per heavy atom. The predicted molar refractivity (Wildman–Crippen MR) is 130 cm³/mol. The van der Waals surface area contributed by atoms with E-state index in [1.165, 1.54) is 34.5 Å². The SMILES string of the molecule is COc1ccc(/C=C\c2cc(OC)c(OC)c(OC)c2)c(OC(C)c2ccc([N+](=O)[O-])s2)c1O. The summed E-state index contributed by atoms with van der Waals surface area (Å²) in [6, 6.07) is 10.0. The van der Waals surface area contributed by atoms with Crippen molar-refractivity contribution >= 4 is 28.5 Å². The molecule has 180 valence electrons. The molecule has 1 aromatic heterocycles. The molecule has 0 aliphatic carbocycles. The van der Waals surface area contributed by atoms with Crippen LogP contribution in [-0.2, 0) is 0 Å². The van der Waals surface area contributed by atoms with Gasteiger partial charge in [-0.2, -0.15) is 0 Å². The number of methoxy groups -OCH3 is 4. The normalized spacial score (nSPS) is 11.8. The third-order valence-corrected chi connectivity index (χ3v) is 6.17. The number of ether oxygens (including phenoxy) is 5. The molecule has 3 rings (SSSR count). The molecule has 9 nitrogen and oxygen atoms in total. The highest BCUT2D eigenvalue weighted by Gasteiger charge is 2.20. The highest BCUT2D eigenvalue weighted by atomic mass is 32.1. The second kappa shape index (κ2) is 10.8. The number of nitro groups is 1. The van der Waals surface area contributed by atoms with Crippen LogP contribution in [0.25, 0.3) is 12.2 Å². The smallest absolute Gasteiger partial charge is 0.324 e. The quantitative estimate of drug-likeness (QED) is 0.220. The summed E-state index contributed by atoms with van der Waals surface area (Å²) in [7, 11) is 6.04. The van der Waals surface area contributed by atoms with Crippen LogP contribution < -0.4 is 23.7 Å². The number of phenols is 1. The maximum atomic E-state index is 11.0. The molecule has 0 bridgehead atoms. The third-order valence-electron chi connectivity index (χ3n) is 4.98. The van der Waals surface area contributed by atoms with E-state index < -0.39 is 11.0 Å². The zero-order valence-electron chi connectivity index (χ0n) is 19.4. The fourth-order valence-corrected chi connectivity index (χ4v) is 4.07. The monoisotopic (exact) mass is 487 g/mol. The van der Waals surface area contributed by atoms with E-state index >= 15 is 0 Å². The average Bonchev–Trinajstić information content (AvgIpc) is 3.34. The minimum atomic E-state index is -0.551. The van der Waals surface area contributed by atoms with E-state index in [0.29, 0.717) is 27.7 Å². The molecule has 0 radical (unpaired) electrons. The summed E-state index contributed by atoms with van der Waals surface area (Å²) in [5, 5.41) is 21.8. The summed E-state index contributed by atoms with van der Waals surface area (Å²) >= 11 is 1.02.